The molecule has 0 bridgehead atoms. The lowest BCUT2D eigenvalue weighted by Crippen LogP contribution is -2.46. The van der Waals surface area contributed by atoms with Crippen LogP contribution in [-0.2, 0) is 36.4 Å². The van der Waals surface area contributed by atoms with Crippen LogP contribution >= 0.6 is 7.37 Å². The van der Waals surface area contributed by atoms with Crippen LogP contribution in [0.1, 0.15) is 38.8 Å². The highest BCUT2D eigenvalue weighted by Crippen LogP contribution is 2.52. The first-order chi connectivity index (χ1) is 18.3. The second-order valence-electron chi connectivity index (χ2n) is 10.6. The van der Waals surface area contributed by atoms with Gasteiger partial charge in [-0.1, -0.05) is 106 Å². The van der Waals surface area contributed by atoms with Crippen molar-refractivity contribution in [3.05, 3.63) is 96.1 Å². The maximum Gasteiger partial charge on any atom is 0.408 e. The Bertz CT molecular complexity index is 1390. The van der Waals surface area contributed by atoms with E-state index in [1.165, 1.54) is 6.92 Å². The third kappa shape index (κ3) is 9.04. The van der Waals surface area contributed by atoms with Crippen molar-refractivity contribution < 1.29 is 31.6 Å². The molecule has 210 valence electrons. The van der Waals surface area contributed by atoms with Gasteiger partial charge in [-0.2, -0.15) is 8.42 Å². The number of hydrogen-bond acceptors (Lipinski definition) is 6. The quantitative estimate of drug-likeness (QED) is 0.208. The van der Waals surface area contributed by atoms with Gasteiger partial charge in [-0.25, -0.2) is 4.79 Å². The van der Waals surface area contributed by atoms with E-state index in [4.69, 9.17) is 8.92 Å². The molecular weight excluding hydrogens is 537 g/mol. The van der Waals surface area contributed by atoms with E-state index in [1.807, 2.05) is 48.5 Å². The molecule has 3 aromatic rings. The lowest BCUT2D eigenvalue weighted by Gasteiger charge is -2.30. The lowest BCUT2D eigenvalue weighted by atomic mass is 9.99. The van der Waals surface area contributed by atoms with Crippen molar-refractivity contribution in [2.75, 3.05) is 6.61 Å². The second kappa shape index (κ2) is 12.9. The third-order valence-corrected chi connectivity index (χ3v) is 10.0. The van der Waals surface area contributed by atoms with E-state index in [2.05, 4.69) is 5.32 Å². The largest absolute Gasteiger partial charge is 0.445 e. The van der Waals surface area contributed by atoms with Gasteiger partial charge in [0.2, 0.25) is 7.37 Å². The Labute approximate surface area is 231 Å². The van der Waals surface area contributed by atoms with Crippen molar-refractivity contribution in [2.45, 2.75) is 51.5 Å². The summed E-state index contributed by atoms with van der Waals surface area (Å²) in [6.07, 6.45) is -1.38. The average Bonchev–Trinajstić information content (AvgIpc) is 2.90. The summed E-state index contributed by atoms with van der Waals surface area (Å²) < 4.78 is 50.7. The van der Waals surface area contributed by atoms with Crippen LogP contribution in [0.25, 0.3) is 11.1 Å². The minimum atomic E-state index is -4.41. The Kier molecular flexibility index (Phi) is 10.1. The molecule has 0 aliphatic heterocycles. The topological polar surface area (TPSA) is 119 Å². The third-order valence-electron chi connectivity index (χ3n) is 5.97. The van der Waals surface area contributed by atoms with Gasteiger partial charge in [0.1, 0.15) is 17.6 Å². The molecule has 0 radical (unpaired) electrons. The van der Waals surface area contributed by atoms with Gasteiger partial charge < -0.3 is 14.9 Å². The van der Waals surface area contributed by atoms with Crippen LogP contribution in [-0.4, -0.2) is 37.0 Å². The summed E-state index contributed by atoms with van der Waals surface area (Å²) in [7, 11) is -8.76. The van der Waals surface area contributed by atoms with Gasteiger partial charge in [0.05, 0.1) is 12.8 Å². The van der Waals surface area contributed by atoms with E-state index in [1.54, 1.807) is 57.2 Å². The number of nitrogens with one attached hydrogen (secondary N) is 1. The summed E-state index contributed by atoms with van der Waals surface area (Å²) in [5.41, 5.74) is 2.36. The summed E-state index contributed by atoms with van der Waals surface area (Å²) in [4.78, 5) is 24.1. The molecule has 10 heteroatoms. The van der Waals surface area contributed by atoms with Crippen molar-refractivity contribution in [2.24, 2.45) is 5.41 Å². The summed E-state index contributed by atoms with van der Waals surface area (Å²) in [5.74, 6) is -1.69. The van der Waals surface area contributed by atoms with Gasteiger partial charge in [-0.15, -0.1) is 0 Å². The number of amides is 1. The number of ether oxygens (including phenoxy) is 1. The zero-order valence-corrected chi connectivity index (χ0v) is 24.3. The van der Waals surface area contributed by atoms with Gasteiger partial charge in [0, 0.05) is 0 Å². The van der Waals surface area contributed by atoms with Crippen LogP contribution in [0.3, 0.4) is 0 Å². The molecule has 1 amide bonds. The smallest absolute Gasteiger partial charge is 0.408 e. The fourth-order valence-corrected chi connectivity index (χ4v) is 7.91. The van der Waals surface area contributed by atoms with Crippen molar-refractivity contribution >= 4 is 23.6 Å². The zero-order chi connectivity index (χ0) is 28.7. The highest BCUT2D eigenvalue weighted by Gasteiger charge is 2.44. The molecular formula is C29H36NO7PS. The van der Waals surface area contributed by atoms with Gasteiger partial charge in [0.15, 0.2) is 0 Å². The normalized spacial score (nSPS) is 15.1. The monoisotopic (exact) mass is 573 g/mol. The Balaban J connectivity index is 1.90. The molecule has 0 aromatic heterocycles. The Morgan fingerprint density at radius 3 is 2.13 bits per heavy atom. The Hall–Kier alpha value is -2.97. The van der Waals surface area contributed by atoms with Gasteiger partial charge in [-0.3, -0.25) is 8.75 Å². The van der Waals surface area contributed by atoms with Crippen molar-refractivity contribution in [3.8, 4) is 11.1 Å². The molecule has 0 saturated carbocycles. The molecule has 3 atom stereocenters. The number of carbonyl (C=O) groups excluding carboxylic acids is 1. The summed E-state index contributed by atoms with van der Waals surface area (Å²) in [5, 5.41) is 0.839. The Morgan fingerprint density at radius 1 is 0.949 bits per heavy atom. The number of alkyl carbamates (subject to hydrolysis) is 1. The summed E-state index contributed by atoms with van der Waals surface area (Å²) >= 11 is 0. The molecule has 0 heterocycles. The van der Waals surface area contributed by atoms with Crippen molar-refractivity contribution in [1.82, 2.24) is 5.32 Å². The predicted molar refractivity (Wildman–Crippen MR) is 153 cm³/mol. The zero-order valence-electron chi connectivity index (χ0n) is 22.6. The van der Waals surface area contributed by atoms with Crippen LogP contribution in [0.2, 0.25) is 0 Å². The summed E-state index contributed by atoms with van der Waals surface area (Å²) in [6.45, 7) is 6.46. The molecule has 8 nitrogen and oxygen atoms in total. The van der Waals surface area contributed by atoms with Gasteiger partial charge in [0.25, 0.3) is 10.1 Å². The van der Waals surface area contributed by atoms with E-state index in [-0.39, 0.29) is 19.4 Å². The molecule has 0 aliphatic rings. The van der Waals surface area contributed by atoms with E-state index < -0.39 is 40.0 Å². The highest BCUT2D eigenvalue weighted by atomic mass is 32.2. The van der Waals surface area contributed by atoms with Crippen LogP contribution in [0.4, 0.5) is 4.79 Å². The van der Waals surface area contributed by atoms with Gasteiger partial charge >= 0.3 is 6.09 Å². The fraction of sp³-hybridized carbons (Fsp3) is 0.345. The number of benzene rings is 3. The first-order valence-corrected chi connectivity index (χ1v) is 16.0. The number of carbonyl (C=O) groups is 1. The average molecular weight is 574 g/mol. The molecule has 0 saturated heterocycles. The second-order valence-corrected chi connectivity index (χ2v) is 15.0. The maximum atomic E-state index is 13.9. The number of rotatable bonds is 11. The van der Waals surface area contributed by atoms with E-state index in [0.717, 1.165) is 11.1 Å². The highest BCUT2D eigenvalue weighted by molar-refractivity contribution is 7.87. The molecule has 39 heavy (non-hydrogen) atoms. The minimum Gasteiger partial charge on any atom is -0.445 e. The lowest BCUT2D eigenvalue weighted by molar-refractivity contribution is 0.137. The first-order valence-electron chi connectivity index (χ1n) is 12.6. The minimum absolute atomic E-state index is 0.0897. The standard InChI is InChI=1S/C29H36NO7PS/c1-22(39(34,35)37-21-29(2,3)4)27(30-28(31)36-19-23-13-7-5-8-14-23)38(32,33)20-25-17-11-12-18-26(25)24-15-9-6-10-16-24/h5-18,22,27H,19-21H2,1-4H3,(H,30,31)(H,32,33). The fourth-order valence-electron chi connectivity index (χ4n) is 3.86. The van der Waals surface area contributed by atoms with E-state index in [0.29, 0.717) is 11.1 Å². The molecule has 3 rings (SSSR count). The molecule has 0 spiro atoms. The molecule has 3 unspecified atom stereocenters. The van der Waals surface area contributed by atoms with E-state index in [9.17, 15) is 22.7 Å². The van der Waals surface area contributed by atoms with E-state index >= 15 is 0 Å². The molecule has 3 aromatic carbocycles. The number of hydrogen-bond donors (Lipinski definition) is 2. The molecule has 0 aliphatic carbocycles. The van der Waals surface area contributed by atoms with Crippen molar-refractivity contribution in [3.63, 3.8) is 0 Å². The van der Waals surface area contributed by atoms with Crippen LogP contribution in [0, 0.1) is 5.41 Å². The Morgan fingerprint density at radius 2 is 1.51 bits per heavy atom. The van der Waals surface area contributed by atoms with Crippen LogP contribution in [0.5, 0.6) is 0 Å². The van der Waals surface area contributed by atoms with Crippen LogP contribution < -0.4 is 5.32 Å². The van der Waals surface area contributed by atoms with Crippen LogP contribution in [0.15, 0.2) is 84.9 Å². The summed E-state index contributed by atoms with van der Waals surface area (Å²) in [6, 6.07) is 25.4. The predicted octanol–water partition coefficient (Wildman–Crippen LogP) is 6.16. The molecule has 2 N–H and O–H groups in total. The molecule has 0 fully saturated rings. The maximum absolute atomic E-state index is 13.9. The first kappa shape index (κ1) is 30.6. The SMILES string of the molecule is CC(C(NC(=O)OCc1ccccc1)P(=O)(O)Cc1ccccc1-c1ccccc1)S(=O)(=O)OCC(C)(C)C. The van der Waals surface area contributed by atoms with Crippen molar-refractivity contribution in [1.29, 1.82) is 0 Å². The van der Waals surface area contributed by atoms with Gasteiger partial charge in [-0.05, 0) is 34.6 Å².